The van der Waals surface area contributed by atoms with E-state index in [1.165, 1.54) is 21.7 Å². The van der Waals surface area contributed by atoms with Gasteiger partial charge in [-0.25, -0.2) is 9.78 Å². The minimum atomic E-state index is -1.11. The number of likely N-dealkylation sites (tertiary alicyclic amines) is 1. The number of aliphatic hydroxyl groups is 1. The van der Waals surface area contributed by atoms with Gasteiger partial charge in [0.25, 0.3) is 5.91 Å². The summed E-state index contributed by atoms with van der Waals surface area (Å²) in [5, 5.41) is 41.8. The van der Waals surface area contributed by atoms with Crippen LogP contribution >= 0.6 is 22.9 Å². The van der Waals surface area contributed by atoms with E-state index in [0.29, 0.717) is 51.9 Å². The number of aromatic nitrogens is 1. The molecule has 0 radical (unpaired) electrons. The van der Waals surface area contributed by atoms with Gasteiger partial charge in [-0.15, -0.1) is 11.3 Å². The molecular formula is C51H62ClN7O9S. The number of anilines is 1. The predicted octanol–water partition coefficient (Wildman–Crippen LogP) is 7.05. The van der Waals surface area contributed by atoms with Gasteiger partial charge in [0.05, 0.1) is 27.1 Å². The number of hydrogen-bond donors (Lipinski definition) is 6. The molecule has 1 saturated carbocycles. The van der Waals surface area contributed by atoms with Gasteiger partial charge in [0, 0.05) is 66.9 Å². The van der Waals surface area contributed by atoms with E-state index in [4.69, 9.17) is 21.1 Å². The third kappa shape index (κ3) is 12.6. The number of carbonyl (C=O) groups excluding carboxylic acids is 4. The molecule has 2 fully saturated rings. The third-order valence-electron chi connectivity index (χ3n) is 12.8. The Bertz CT molecular complexity index is 2520. The zero-order chi connectivity index (χ0) is 50.3. The topological polar surface area (TPSA) is 232 Å². The molecule has 6 rings (SSSR count). The number of rotatable bonds is 20. The molecule has 3 atom stereocenters. The second-order valence-electron chi connectivity index (χ2n) is 19.9. The number of carboxylic acids is 1. The van der Waals surface area contributed by atoms with Crippen LogP contribution in [0.3, 0.4) is 0 Å². The zero-order valence-electron chi connectivity index (χ0n) is 40.1. The van der Waals surface area contributed by atoms with Crippen molar-refractivity contribution >= 4 is 58.2 Å². The number of unbranched alkanes of at least 4 members (excludes halogenated alkanes) is 2. The lowest BCUT2D eigenvalue weighted by Gasteiger charge is -2.63. The highest BCUT2D eigenvalue weighted by atomic mass is 35.5. The molecular weight excluding hydrogens is 922 g/mol. The SMILES string of the molecule is CC(C)(C)C(NC(=O)COCCCCCNc1ccc(C(=O)NC2C(C)(C)C(Oc3ccc(C#N)c(Cl)c3)C2(C)C)cc1)C(=O)N1C[C@H](O)C[C@H]1C(=O)NCc1ccc(-c2scnc2C(=O)O)cc1. The first-order valence-electron chi connectivity index (χ1n) is 23.0. The zero-order valence-corrected chi connectivity index (χ0v) is 41.6. The monoisotopic (exact) mass is 983 g/mol. The van der Waals surface area contributed by atoms with E-state index < -0.39 is 47.3 Å². The number of benzene rings is 3. The number of carbonyl (C=O) groups is 5. The molecule has 1 saturated heterocycles. The summed E-state index contributed by atoms with van der Waals surface area (Å²) in [6.45, 7) is 14.6. The second-order valence-corrected chi connectivity index (χ2v) is 21.2. The number of halogens is 1. The van der Waals surface area contributed by atoms with Crippen LogP contribution < -0.4 is 26.0 Å². The summed E-state index contributed by atoms with van der Waals surface area (Å²) >= 11 is 7.46. The van der Waals surface area contributed by atoms with Crippen molar-refractivity contribution < 1.29 is 43.7 Å². The largest absolute Gasteiger partial charge is 0.489 e. The van der Waals surface area contributed by atoms with E-state index in [-0.39, 0.29) is 60.7 Å². The molecule has 1 aliphatic heterocycles. The number of thiazole rings is 1. The molecule has 4 amide bonds. The van der Waals surface area contributed by atoms with Gasteiger partial charge in [-0.3, -0.25) is 19.2 Å². The molecule has 4 aromatic rings. The molecule has 2 aliphatic rings. The van der Waals surface area contributed by atoms with E-state index in [1.54, 1.807) is 54.6 Å². The highest BCUT2D eigenvalue weighted by Gasteiger charge is 2.64. The maximum atomic E-state index is 14.0. The first-order chi connectivity index (χ1) is 32.6. The summed E-state index contributed by atoms with van der Waals surface area (Å²) in [4.78, 5) is 71.1. The van der Waals surface area contributed by atoms with Crippen LogP contribution in [0.2, 0.25) is 5.02 Å². The van der Waals surface area contributed by atoms with E-state index in [0.717, 1.165) is 24.1 Å². The standard InChI is InChI=1S/C51H62ClN7O9S/c1-49(2,3)42(45(64)59-27-35(60)23-38(59)44(63)55-26-30-11-13-31(14-12-30)41-40(46(65)66)56-29-69-41)57-39(61)28-67-22-10-8-9-21-54-34-18-15-32(16-19-34)43(62)58-47-50(4,5)48(51(47,6)7)68-36-20-17-33(25-53)37(52)24-36/h11-20,24,29,35,38,42,47-48,54,60H,8-10,21-23,26-28H2,1-7H3,(H,55,63)(H,57,61)(H,58,62)(H,65,66)/t35-,38+,42?,47?,48?/m1/s1. The molecule has 6 N–H and O–H groups in total. The van der Waals surface area contributed by atoms with Crippen LogP contribution in [0.5, 0.6) is 5.75 Å². The summed E-state index contributed by atoms with van der Waals surface area (Å²) in [5.74, 6) is -2.10. The molecule has 1 aliphatic carbocycles. The van der Waals surface area contributed by atoms with Crippen molar-refractivity contribution in [3.8, 4) is 22.3 Å². The van der Waals surface area contributed by atoms with Crippen molar-refractivity contribution in [2.75, 3.05) is 31.6 Å². The van der Waals surface area contributed by atoms with Crippen LogP contribution in [0.15, 0.2) is 72.2 Å². The van der Waals surface area contributed by atoms with Crippen LogP contribution in [0.25, 0.3) is 10.4 Å². The van der Waals surface area contributed by atoms with E-state index in [2.05, 4.69) is 60.0 Å². The van der Waals surface area contributed by atoms with Crippen LogP contribution in [0.4, 0.5) is 5.69 Å². The van der Waals surface area contributed by atoms with Crippen LogP contribution in [0, 0.1) is 27.6 Å². The number of β-amino-alcohol motifs (C(OH)–C–C–N with tert-alkyl or cyclic N) is 1. The molecule has 3 aromatic carbocycles. The summed E-state index contributed by atoms with van der Waals surface area (Å²) in [6.07, 6.45) is 1.30. The van der Waals surface area contributed by atoms with Gasteiger partial charge < -0.3 is 45.9 Å². The molecule has 2 heterocycles. The smallest absolute Gasteiger partial charge is 0.356 e. The Balaban J connectivity index is 0.882. The lowest BCUT2D eigenvalue weighted by atomic mass is 9.49. The lowest BCUT2D eigenvalue weighted by Crippen LogP contribution is -2.74. The highest BCUT2D eigenvalue weighted by Crippen LogP contribution is 2.55. The van der Waals surface area contributed by atoms with E-state index >= 15 is 0 Å². The molecule has 69 heavy (non-hydrogen) atoms. The highest BCUT2D eigenvalue weighted by molar-refractivity contribution is 7.13. The van der Waals surface area contributed by atoms with Crippen LogP contribution in [-0.2, 0) is 25.7 Å². The number of aromatic carboxylic acids is 1. The minimum Gasteiger partial charge on any atom is -0.489 e. The maximum absolute atomic E-state index is 14.0. The molecule has 0 spiro atoms. The maximum Gasteiger partial charge on any atom is 0.356 e. The summed E-state index contributed by atoms with van der Waals surface area (Å²) in [6, 6.07) is 19.4. The third-order valence-corrected chi connectivity index (χ3v) is 14.0. The summed E-state index contributed by atoms with van der Waals surface area (Å²) in [5.41, 5.74) is 3.19. The van der Waals surface area contributed by atoms with Crippen molar-refractivity contribution in [3.63, 3.8) is 0 Å². The van der Waals surface area contributed by atoms with E-state index in [1.807, 2.05) is 32.9 Å². The number of carboxylic acid groups (broad SMARTS) is 1. The molecule has 1 unspecified atom stereocenters. The lowest BCUT2D eigenvalue weighted by molar-refractivity contribution is -0.164. The van der Waals surface area contributed by atoms with Gasteiger partial charge in [-0.1, -0.05) is 84.3 Å². The number of aliphatic hydroxyl groups excluding tert-OH is 1. The van der Waals surface area contributed by atoms with Gasteiger partial charge in [-0.2, -0.15) is 5.26 Å². The number of nitrogens with one attached hydrogen (secondary N) is 4. The first kappa shape index (κ1) is 52.3. The number of nitrogens with zero attached hydrogens (tertiary/aromatic N) is 3. The fraction of sp³-hybridized carbons (Fsp3) is 0.471. The average molecular weight is 985 g/mol. The summed E-state index contributed by atoms with van der Waals surface area (Å²) in [7, 11) is 0. The average Bonchev–Trinajstić information content (AvgIpc) is 3.96. The number of ether oxygens (including phenoxy) is 2. The second kappa shape index (κ2) is 22.1. The Morgan fingerprint density at radius 3 is 2.32 bits per heavy atom. The van der Waals surface area contributed by atoms with Crippen molar-refractivity contribution in [2.24, 2.45) is 16.2 Å². The Labute approximate surface area is 412 Å². The number of nitriles is 1. The number of hydrogen-bond acceptors (Lipinski definition) is 12. The molecule has 18 heteroatoms. The Kier molecular flexibility index (Phi) is 16.8. The normalized spacial score (nSPS) is 19.6. The number of amides is 4. The van der Waals surface area contributed by atoms with Crippen LogP contribution in [0.1, 0.15) is 106 Å². The van der Waals surface area contributed by atoms with Crippen molar-refractivity contribution in [1.29, 1.82) is 5.26 Å². The first-order valence-corrected chi connectivity index (χ1v) is 24.3. The van der Waals surface area contributed by atoms with Gasteiger partial charge in [0.15, 0.2) is 5.69 Å². The van der Waals surface area contributed by atoms with Crippen molar-refractivity contribution in [1.82, 2.24) is 25.8 Å². The summed E-state index contributed by atoms with van der Waals surface area (Å²) < 4.78 is 12.0. The molecule has 1 aromatic heterocycles. The van der Waals surface area contributed by atoms with Gasteiger partial charge in [-0.05, 0) is 72.2 Å². The van der Waals surface area contributed by atoms with Crippen LogP contribution in [-0.4, -0.2) is 106 Å². The van der Waals surface area contributed by atoms with Gasteiger partial charge >= 0.3 is 5.97 Å². The predicted molar refractivity (Wildman–Crippen MR) is 263 cm³/mol. The Morgan fingerprint density at radius 2 is 1.68 bits per heavy atom. The van der Waals surface area contributed by atoms with Crippen molar-refractivity contribution in [2.45, 2.75) is 111 Å². The Hall–Kier alpha value is -6.06. The fourth-order valence-electron chi connectivity index (χ4n) is 9.46. The van der Waals surface area contributed by atoms with E-state index in [9.17, 15) is 39.4 Å². The minimum absolute atomic E-state index is 0.0268. The Morgan fingerprint density at radius 1 is 0.986 bits per heavy atom. The molecule has 16 nitrogen and oxygen atoms in total. The van der Waals surface area contributed by atoms with Gasteiger partial charge in [0.2, 0.25) is 17.7 Å². The fourth-order valence-corrected chi connectivity index (χ4v) is 10.5. The molecule has 0 bridgehead atoms. The van der Waals surface area contributed by atoms with Gasteiger partial charge in [0.1, 0.15) is 36.6 Å². The quantitative estimate of drug-likeness (QED) is 0.0489. The molecule has 368 valence electrons. The van der Waals surface area contributed by atoms with Crippen molar-refractivity contribution in [3.05, 3.63) is 99.6 Å².